The van der Waals surface area contributed by atoms with Gasteiger partial charge in [-0.05, 0) is 64.4 Å². The van der Waals surface area contributed by atoms with Crippen LogP contribution < -0.4 is 0 Å². The largest absolute Gasteiger partial charge is 0.309 e. The van der Waals surface area contributed by atoms with E-state index >= 15 is 0 Å². The van der Waals surface area contributed by atoms with Crippen LogP contribution in [-0.4, -0.2) is 54.8 Å². The van der Waals surface area contributed by atoms with Gasteiger partial charge in [0.1, 0.15) is 10.8 Å². The number of aryl methyl sites for hydroxylation is 2. The van der Waals surface area contributed by atoms with Crippen LogP contribution in [0.2, 0.25) is 5.02 Å². The molecule has 0 aliphatic carbocycles. The molecule has 0 aliphatic rings. The molecule has 0 unspecified atom stereocenters. The first-order chi connectivity index (χ1) is 13.6. The minimum Gasteiger partial charge on any atom is -0.309 e. The number of thioether (sulfide) groups is 1. The molecule has 30 heavy (non-hydrogen) atoms. The predicted octanol–water partition coefficient (Wildman–Crippen LogP) is 4.22. The van der Waals surface area contributed by atoms with E-state index in [0.717, 1.165) is 42.0 Å². The van der Waals surface area contributed by atoms with Crippen LogP contribution in [-0.2, 0) is 16.3 Å². The summed E-state index contributed by atoms with van der Waals surface area (Å²) in [6.45, 7) is 4.62. The van der Waals surface area contributed by atoms with Crippen LogP contribution >= 0.6 is 35.8 Å². The van der Waals surface area contributed by atoms with E-state index in [1.165, 1.54) is 17.8 Å². The predicted molar refractivity (Wildman–Crippen MR) is 121 cm³/mol. The lowest BCUT2D eigenvalue weighted by Crippen LogP contribution is -2.17. The highest BCUT2D eigenvalue weighted by atomic mass is 35.5. The molecule has 0 N–H and O–H groups in total. The highest BCUT2D eigenvalue weighted by Gasteiger charge is 2.30. The van der Waals surface area contributed by atoms with Gasteiger partial charge in [-0.3, -0.25) is 0 Å². The van der Waals surface area contributed by atoms with Crippen LogP contribution in [0.3, 0.4) is 0 Å². The van der Waals surface area contributed by atoms with Crippen molar-refractivity contribution < 1.29 is 12.8 Å². The third kappa shape index (κ3) is 4.45. The topological polar surface area (TPSA) is 67.6 Å². The van der Waals surface area contributed by atoms with Gasteiger partial charge < -0.3 is 4.90 Å². The van der Waals surface area contributed by atoms with E-state index in [9.17, 15) is 12.8 Å². The summed E-state index contributed by atoms with van der Waals surface area (Å²) in [7, 11) is -0.0125. The minimum atomic E-state index is -4.00. The molecule has 0 saturated heterocycles. The monoisotopic (exact) mass is 492 g/mol. The van der Waals surface area contributed by atoms with Gasteiger partial charge >= 0.3 is 0 Å². The normalized spacial score (nSPS) is 11.9. The van der Waals surface area contributed by atoms with Crippen molar-refractivity contribution in [2.45, 2.75) is 35.1 Å². The molecule has 6 nitrogen and oxygen atoms in total. The van der Waals surface area contributed by atoms with E-state index in [2.05, 4.69) is 15.0 Å². The highest BCUT2D eigenvalue weighted by molar-refractivity contribution is 7.99. The fourth-order valence-corrected chi connectivity index (χ4v) is 5.81. The Kier molecular flexibility index (Phi) is 7.79. The molecule has 0 aliphatic heterocycles. The standard InChI is InChI=1S/C19H22ClFN4O2S2.ClH/c1-11-14(8-9-24(3)4)12(2)25-18(22-11)17(19(23-25)28-5)29(26,27)13-6-7-16(21)15(20)10-13;/h6-7,10H,8-9H2,1-5H3;1H. The Hall–Kier alpha value is -1.39. The van der Waals surface area contributed by atoms with Gasteiger partial charge in [-0.2, -0.15) is 5.10 Å². The molecule has 11 heteroatoms. The minimum absolute atomic E-state index is 0. The van der Waals surface area contributed by atoms with Crippen LogP contribution in [0.5, 0.6) is 0 Å². The third-order valence-electron chi connectivity index (χ3n) is 4.73. The van der Waals surface area contributed by atoms with Crippen molar-refractivity contribution in [1.82, 2.24) is 19.5 Å². The maximum Gasteiger partial charge on any atom is 0.213 e. The number of rotatable bonds is 6. The van der Waals surface area contributed by atoms with E-state index in [4.69, 9.17) is 11.6 Å². The summed E-state index contributed by atoms with van der Waals surface area (Å²) in [5.74, 6) is -0.675. The second kappa shape index (κ2) is 9.40. The third-order valence-corrected chi connectivity index (χ3v) is 7.61. The lowest BCUT2D eigenvalue weighted by atomic mass is 10.1. The Morgan fingerprint density at radius 2 is 1.93 bits per heavy atom. The maximum absolute atomic E-state index is 13.5. The summed E-state index contributed by atoms with van der Waals surface area (Å²) in [5.41, 5.74) is 2.91. The fourth-order valence-electron chi connectivity index (χ4n) is 3.15. The zero-order valence-electron chi connectivity index (χ0n) is 17.2. The van der Waals surface area contributed by atoms with Crippen LogP contribution in [0.1, 0.15) is 17.0 Å². The Morgan fingerprint density at radius 1 is 1.27 bits per heavy atom. The maximum atomic E-state index is 13.5. The van der Waals surface area contributed by atoms with Gasteiger partial charge in [0, 0.05) is 17.9 Å². The number of likely N-dealkylation sites (N-methyl/N-ethyl adjacent to an activating group) is 1. The van der Waals surface area contributed by atoms with Gasteiger partial charge in [0.2, 0.25) is 9.84 Å². The highest BCUT2D eigenvalue weighted by Crippen LogP contribution is 2.34. The van der Waals surface area contributed by atoms with E-state index in [0.29, 0.717) is 5.03 Å². The molecule has 2 heterocycles. The van der Waals surface area contributed by atoms with Gasteiger partial charge in [0.25, 0.3) is 0 Å². The summed E-state index contributed by atoms with van der Waals surface area (Å²) in [6.07, 6.45) is 2.53. The molecule has 0 radical (unpaired) electrons. The van der Waals surface area contributed by atoms with Crippen molar-refractivity contribution in [2.24, 2.45) is 0 Å². The molecule has 3 aromatic rings. The first-order valence-corrected chi connectivity index (χ1v) is 11.9. The molecular weight excluding hydrogens is 470 g/mol. The number of nitrogens with zero attached hydrogens (tertiary/aromatic N) is 4. The summed E-state index contributed by atoms with van der Waals surface area (Å²) in [5, 5.41) is 4.60. The molecular formula is C19H23Cl2FN4O2S2. The Labute approximate surface area is 191 Å². The van der Waals surface area contributed by atoms with Gasteiger partial charge in [0.05, 0.1) is 9.92 Å². The number of hydrogen-bond donors (Lipinski definition) is 0. The first kappa shape index (κ1) is 24.9. The Bertz CT molecular complexity index is 1200. The quantitative estimate of drug-likeness (QED) is 0.379. The average molecular weight is 493 g/mol. The fraction of sp³-hybridized carbons (Fsp3) is 0.368. The molecule has 1 aromatic carbocycles. The molecule has 0 bridgehead atoms. The van der Waals surface area contributed by atoms with Crippen molar-refractivity contribution in [2.75, 3.05) is 26.9 Å². The second-order valence-electron chi connectivity index (χ2n) is 6.97. The van der Waals surface area contributed by atoms with Crippen LogP contribution in [0.15, 0.2) is 33.0 Å². The first-order valence-electron chi connectivity index (χ1n) is 8.85. The number of aromatic nitrogens is 3. The molecule has 164 valence electrons. The zero-order valence-corrected chi connectivity index (χ0v) is 20.4. The van der Waals surface area contributed by atoms with Crippen LogP contribution in [0.25, 0.3) is 5.65 Å². The molecule has 0 saturated carbocycles. The molecule has 0 spiro atoms. The van der Waals surface area contributed by atoms with Gasteiger partial charge in [-0.1, -0.05) is 11.6 Å². The van der Waals surface area contributed by atoms with Gasteiger partial charge in [-0.15, -0.1) is 24.2 Å². The van der Waals surface area contributed by atoms with Crippen molar-refractivity contribution in [1.29, 1.82) is 0 Å². The average Bonchev–Trinajstić information content (AvgIpc) is 3.02. The van der Waals surface area contributed by atoms with Crippen LogP contribution in [0.4, 0.5) is 4.39 Å². The van der Waals surface area contributed by atoms with Crippen LogP contribution in [0, 0.1) is 19.7 Å². The van der Waals surface area contributed by atoms with Crippen molar-refractivity contribution in [3.05, 3.63) is 46.0 Å². The van der Waals surface area contributed by atoms with Crippen molar-refractivity contribution >= 4 is 51.3 Å². The lowest BCUT2D eigenvalue weighted by Gasteiger charge is -2.14. The van der Waals surface area contributed by atoms with Crippen molar-refractivity contribution in [3.63, 3.8) is 0 Å². The summed E-state index contributed by atoms with van der Waals surface area (Å²) in [4.78, 5) is 6.59. The molecule has 0 atom stereocenters. The Balaban J connectivity index is 0.00000320. The smallest absolute Gasteiger partial charge is 0.213 e. The van der Waals surface area contributed by atoms with Gasteiger partial charge in [0.15, 0.2) is 10.5 Å². The lowest BCUT2D eigenvalue weighted by molar-refractivity contribution is 0.412. The molecule has 3 rings (SSSR count). The van der Waals surface area contributed by atoms with E-state index in [-0.39, 0.29) is 32.9 Å². The Morgan fingerprint density at radius 3 is 2.50 bits per heavy atom. The SMILES string of the molecule is CSc1nn2c(C)c(CCN(C)C)c(C)nc2c1S(=O)(=O)c1ccc(F)c(Cl)c1.Cl. The number of fused-ring (bicyclic) bond motifs is 1. The number of benzene rings is 1. The molecule has 0 fully saturated rings. The van der Waals surface area contributed by atoms with Crippen molar-refractivity contribution in [3.8, 4) is 0 Å². The molecule has 0 amide bonds. The molecule has 2 aromatic heterocycles. The number of hydrogen-bond acceptors (Lipinski definition) is 6. The second-order valence-corrected chi connectivity index (χ2v) is 10.1. The van der Waals surface area contributed by atoms with E-state index in [1.807, 2.05) is 27.9 Å². The number of halogens is 3. The summed E-state index contributed by atoms with van der Waals surface area (Å²) < 4.78 is 41.9. The summed E-state index contributed by atoms with van der Waals surface area (Å²) >= 11 is 7.04. The van der Waals surface area contributed by atoms with Gasteiger partial charge in [-0.25, -0.2) is 22.3 Å². The summed E-state index contributed by atoms with van der Waals surface area (Å²) in [6, 6.07) is 3.36. The van der Waals surface area contributed by atoms with E-state index in [1.54, 1.807) is 10.8 Å². The zero-order chi connectivity index (χ0) is 21.5. The van der Waals surface area contributed by atoms with E-state index < -0.39 is 15.7 Å². The number of sulfone groups is 1.